The van der Waals surface area contributed by atoms with Crippen LogP contribution in [0.1, 0.15) is 63.1 Å². The van der Waals surface area contributed by atoms with E-state index in [0.717, 1.165) is 25.0 Å². The molecule has 0 aromatic carbocycles. The van der Waals surface area contributed by atoms with Crippen molar-refractivity contribution in [1.29, 1.82) is 0 Å². The van der Waals surface area contributed by atoms with Gasteiger partial charge in [0.1, 0.15) is 5.76 Å². The minimum atomic E-state index is -0.0290. The summed E-state index contributed by atoms with van der Waals surface area (Å²) in [5, 5.41) is 7.73. The molecule has 0 fully saturated rings. The molecule has 0 radical (unpaired) electrons. The number of hydrogen-bond acceptors (Lipinski definition) is 3. The van der Waals surface area contributed by atoms with Gasteiger partial charge < -0.3 is 9.73 Å². The van der Waals surface area contributed by atoms with Crippen molar-refractivity contribution in [2.24, 2.45) is 0 Å². The molecule has 1 amide bonds. The Balaban J connectivity index is 1.66. The molecule has 0 bridgehead atoms. The van der Waals surface area contributed by atoms with Gasteiger partial charge in [0.2, 0.25) is 5.91 Å². The molecule has 0 spiro atoms. The molecule has 2 aromatic rings. The van der Waals surface area contributed by atoms with Gasteiger partial charge in [-0.05, 0) is 52.2 Å². The van der Waals surface area contributed by atoms with Crippen LogP contribution in [0.5, 0.6) is 0 Å². The first-order valence-electron chi connectivity index (χ1n) is 8.34. The number of nitrogens with zero attached hydrogens (tertiary/aromatic N) is 2. The largest absolute Gasteiger partial charge is 0.469 e. The zero-order valence-corrected chi connectivity index (χ0v) is 14.1. The minimum Gasteiger partial charge on any atom is -0.469 e. The number of rotatable bonds is 4. The summed E-state index contributed by atoms with van der Waals surface area (Å²) in [7, 11) is 0. The maximum absolute atomic E-state index is 12.2. The second-order valence-electron chi connectivity index (χ2n) is 7.22. The van der Waals surface area contributed by atoms with E-state index in [4.69, 9.17) is 4.42 Å². The molecule has 2 heterocycles. The van der Waals surface area contributed by atoms with E-state index in [1.54, 1.807) is 6.26 Å². The second kappa shape index (κ2) is 6.22. The first-order valence-corrected chi connectivity index (χ1v) is 8.34. The molecule has 5 heteroatoms. The molecule has 1 N–H and O–H groups in total. The topological polar surface area (TPSA) is 60.1 Å². The third-order valence-corrected chi connectivity index (χ3v) is 4.33. The third kappa shape index (κ3) is 3.49. The van der Waals surface area contributed by atoms with Crippen molar-refractivity contribution in [1.82, 2.24) is 15.1 Å². The number of fused-ring (bicyclic) bond motifs is 1. The van der Waals surface area contributed by atoms with Crippen LogP contribution in [0.15, 0.2) is 29.0 Å². The zero-order valence-electron chi connectivity index (χ0n) is 14.1. The fourth-order valence-electron chi connectivity index (χ4n) is 3.24. The van der Waals surface area contributed by atoms with Crippen LogP contribution in [0, 0.1) is 0 Å². The van der Waals surface area contributed by atoms with E-state index in [-0.39, 0.29) is 17.5 Å². The van der Waals surface area contributed by atoms with Gasteiger partial charge in [0.25, 0.3) is 0 Å². The summed E-state index contributed by atoms with van der Waals surface area (Å²) in [5.74, 6) is 0.924. The van der Waals surface area contributed by atoms with Gasteiger partial charge in [0, 0.05) is 24.1 Å². The standard InChI is InChI=1S/C18H25N3O2/c1-18(2,3)21-16-8-4-7-15(14(16)12-19-21)20-17(22)10-9-13-6-5-11-23-13/h5-6,11-12,15H,4,7-10H2,1-3H3,(H,20,22)/t15-/m0/s1. The quantitative estimate of drug-likeness (QED) is 0.941. The van der Waals surface area contributed by atoms with E-state index in [1.807, 2.05) is 18.3 Å². The Morgan fingerprint density at radius 2 is 2.30 bits per heavy atom. The molecule has 0 aliphatic heterocycles. The van der Waals surface area contributed by atoms with Gasteiger partial charge >= 0.3 is 0 Å². The monoisotopic (exact) mass is 315 g/mol. The summed E-state index contributed by atoms with van der Waals surface area (Å²) in [6.45, 7) is 6.48. The molecular weight excluding hydrogens is 290 g/mol. The van der Waals surface area contributed by atoms with Crippen molar-refractivity contribution in [3.05, 3.63) is 41.6 Å². The fourth-order valence-corrected chi connectivity index (χ4v) is 3.24. The summed E-state index contributed by atoms with van der Waals surface area (Å²) in [5.41, 5.74) is 2.41. The number of nitrogens with one attached hydrogen (secondary N) is 1. The van der Waals surface area contributed by atoms with Crippen molar-refractivity contribution in [2.75, 3.05) is 0 Å². The molecule has 0 saturated carbocycles. The highest BCUT2D eigenvalue weighted by molar-refractivity contribution is 5.76. The minimum absolute atomic E-state index is 0.0290. The van der Waals surface area contributed by atoms with Gasteiger partial charge in [-0.25, -0.2) is 0 Å². The van der Waals surface area contributed by atoms with Gasteiger partial charge in [-0.2, -0.15) is 5.10 Å². The van der Waals surface area contributed by atoms with Gasteiger partial charge in [0.15, 0.2) is 0 Å². The summed E-state index contributed by atoms with van der Waals surface area (Å²) in [4.78, 5) is 12.2. The van der Waals surface area contributed by atoms with Crippen LogP contribution in [-0.2, 0) is 23.2 Å². The van der Waals surface area contributed by atoms with Crippen LogP contribution < -0.4 is 5.32 Å². The van der Waals surface area contributed by atoms with Gasteiger partial charge in [-0.3, -0.25) is 9.48 Å². The number of aromatic nitrogens is 2. The Bertz CT molecular complexity index is 665. The van der Waals surface area contributed by atoms with Crippen molar-refractivity contribution in [3.8, 4) is 0 Å². The van der Waals surface area contributed by atoms with Crippen molar-refractivity contribution in [3.63, 3.8) is 0 Å². The third-order valence-electron chi connectivity index (χ3n) is 4.33. The number of amides is 1. The van der Waals surface area contributed by atoms with Crippen LogP contribution in [0.2, 0.25) is 0 Å². The van der Waals surface area contributed by atoms with E-state index in [9.17, 15) is 4.79 Å². The Kier molecular flexibility index (Phi) is 4.28. The Hall–Kier alpha value is -2.04. The number of hydrogen-bond donors (Lipinski definition) is 1. The molecule has 23 heavy (non-hydrogen) atoms. The van der Waals surface area contributed by atoms with E-state index in [1.165, 1.54) is 11.3 Å². The predicted octanol–water partition coefficient (Wildman–Crippen LogP) is 3.36. The molecule has 1 aliphatic rings. The van der Waals surface area contributed by atoms with E-state index >= 15 is 0 Å². The fraction of sp³-hybridized carbons (Fsp3) is 0.556. The first-order chi connectivity index (χ1) is 10.9. The number of carbonyl (C=O) groups is 1. The highest BCUT2D eigenvalue weighted by Crippen LogP contribution is 2.32. The van der Waals surface area contributed by atoms with E-state index in [0.29, 0.717) is 12.8 Å². The summed E-state index contributed by atoms with van der Waals surface area (Å²) in [6, 6.07) is 3.83. The Labute approximate surface area is 137 Å². The molecule has 0 saturated heterocycles. The Morgan fingerprint density at radius 3 is 3.00 bits per heavy atom. The molecule has 1 atom stereocenters. The second-order valence-corrected chi connectivity index (χ2v) is 7.22. The number of carbonyl (C=O) groups excluding carboxylic acids is 1. The van der Waals surface area contributed by atoms with Crippen molar-refractivity contribution in [2.45, 2.75) is 64.5 Å². The maximum Gasteiger partial charge on any atom is 0.220 e. The maximum atomic E-state index is 12.2. The van der Waals surface area contributed by atoms with Crippen LogP contribution in [0.4, 0.5) is 0 Å². The van der Waals surface area contributed by atoms with Crippen LogP contribution in [0.3, 0.4) is 0 Å². The molecule has 2 aromatic heterocycles. The van der Waals surface area contributed by atoms with Gasteiger partial charge in [0.05, 0.1) is 24.0 Å². The van der Waals surface area contributed by atoms with Crippen molar-refractivity contribution >= 4 is 5.91 Å². The SMILES string of the molecule is CC(C)(C)n1ncc2c1CCC[C@@H]2NC(=O)CCc1ccco1. The highest BCUT2D eigenvalue weighted by Gasteiger charge is 2.28. The lowest BCUT2D eigenvalue weighted by Gasteiger charge is -2.28. The molecular formula is C18H25N3O2. The van der Waals surface area contributed by atoms with E-state index in [2.05, 4.69) is 35.9 Å². The lowest BCUT2D eigenvalue weighted by Crippen LogP contribution is -2.32. The normalized spacial score (nSPS) is 17.8. The molecule has 3 rings (SSSR count). The van der Waals surface area contributed by atoms with Gasteiger partial charge in [-0.1, -0.05) is 0 Å². The first kappa shape index (κ1) is 15.8. The summed E-state index contributed by atoms with van der Waals surface area (Å²) in [6.07, 6.45) is 7.75. The molecule has 0 unspecified atom stereocenters. The summed E-state index contributed by atoms with van der Waals surface area (Å²) < 4.78 is 7.38. The average molecular weight is 315 g/mol. The smallest absolute Gasteiger partial charge is 0.220 e. The Morgan fingerprint density at radius 1 is 1.48 bits per heavy atom. The van der Waals surface area contributed by atoms with Crippen LogP contribution in [-0.4, -0.2) is 15.7 Å². The van der Waals surface area contributed by atoms with Gasteiger partial charge in [-0.15, -0.1) is 0 Å². The lowest BCUT2D eigenvalue weighted by molar-refractivity contribution is -0.122. The van der Waals surface area contributed by atoms with E-state index < -0.39 is 0 Å². The molecule has 1 aliphatic carbocycles. The van der Waals surface area contributed by atoms with Crippen molar-refractivity contribution < 1.29 is 9.21 Å². The molecule has 5 nitrogen and oxygen atoms in total. The predicted molar refractivity (Wildman–Crippen MR) is 88.1 cm³/mol. The molecule has 124 valence electrons. The lowest BCUT2D eigenvalue weighted by atomic mass is 9.92. The zero-order chi connectivity index (χ0) is 16.4. The van der Waals surface area contributed by atoms with Crippen LogP contribution >= 0.6 is 0 Å². The van der Waals surface area contributed by atoms with Crippen LogP contribution in [0.25, 0.3) is 0 Å². The number of furan rings is 1. The average Bonchev–Trinajstić information content (AvgIpc) is 3.14. The number of aryl methyl sites for hydroxylation is 1. The highest BCUT2D eigenvalue weighted by atomic mass is 16.3. The summed E-state index contributed by atoms with van der Waals surface area (Å²) >= 11 is 0.